The zero-order chi connectivity index (χ0) is 38.8. The molecule has 0 aromatic rings. The van der Waals surface area contributed by atoms with Crippen LogP contribution in [0.4, 0.5) is 0 Å². The molecule has 0 N–H and O–H groups in total. The Kier molecular flexibility index (Phi) is 15.0. The van der Waals surface area contributed by atoms with Gasteiger partial charge >= 0.3 is 0 Å². The van der Waals surface area contributed by atoms with E-state index in [1.807, 2.05) is 0 Å². The molecular formula is C46H89N3O3. The molecule has 0 radical (unpaired) electrons. The predicted molar refractivity (Wildman–Crippen MR) is 221 cm³/mol. The molecule has 0 spiro atoms. The number of ether oxygens (including phenoxy) is 3. The van der Waals surface area contributed by atoms with E-state index in [1.165, 1.54) is 64.6 Å². The molecular weight excluding hydrogens is 643 g/mol. The van der Waals surface area contributed by atoms with Crippen LogP contribution >= 0.6 is 0 Å². The Labute approximate surface area is 324 Å². The average molecular weight is 732 g/mol. The molecule has 0 aromatic carbocycles. The molecule has 0 aromatic heterocycles. The van der Waals surface area contributed by atoms with Crippen LogP contribution in [0.3, 0.4) is 0 Å². The van der Waals surface area contributed by atoms with Crippen molar-refractivity contribution < 1.29 is 14.2 Å². The smallest absolute Gasteiger partial charge is 0.0865 e. The lowest BCUT2D eigenvalue weighted by atomic mass is 9.77. The lowest BCUT2D eigenvalue weighted by molar-refractivity contribution is -0.210. The lowest BCUT2D eigenvalue weighted by Crippen LogP contribution is -2.64. The second-order valence-electron chi connectivity index (χ2n) is 21.8. The Balaban J connectivity index is 1.52. The van der Waals surface area contributed by atoms with Crippen LogP contribution in [-0.4, -0.2) is 104 Å². The van der Waals surface area contributed by atoms with E-state index in [4.69, 9.17) is 14.2 Å². The van der Waals surface area contributed by atoms with E-state index in [1.54, 1.807) is 0 Å². The number of likely N-dealkylation sites (tertiary alicyclic amines) is 3. The third-order valence-electron chi connectivity index (χ3n) is 14.0. The maximum atomic E-state index is 7.42. The van der Waals surface area contributed by atoms with Gasteiger partial charge in [-0.1, -0.05) is 46.5 Å². The summed E-state index contributed by atoms with van der Waals surface area (Å²) >= 11 is 0. The van der Waals surface area contributed by atoms with Crippen LogP contribution in [0.2, 0.25) is 0 Å². The van der Waals surface area contributed by atoms with Crippen LogP contribution in [0.25, 0.3) is 0 Å². The summed E-state index contributed by atoms with van der Waals surface area (Å²) in [5.41, 5.74) is 0.690. The predicted octanol–water partition coefficient (Wildman–Crippen LogP) is 11.2. The first-order valence-corrected chi connectivity index (χ1v) is 22.4. The second kappa shape index (κ2) is 17.5. The molecule has 3 heterocycles. The van der Waals surface area contributed by atoms with Crippen molar-refractivity contribution in [2.75, 3.05) is 19.6 Å². The summed E-state index contributed by atoms with van der Waals surface area (Å²) in [5, 5.41) is 0. The van der Waals surface area contributed by atoms with Gasteiger partial charge in [-0.05, 0) is 173 Å². The molecule has 306 valence electrons. The fraction of sp³-hybridized carbons (Fsp3) is 1.00. The summed E-state index contributed by atoms with van der Waals surface area (Å²) in [5.74, 6) is 0. The van der Waals surface area contributed by atoms with Gasteiger partial charge in [0.05, 0.1) is 36.6 Å². The molecule has 6 heteroatoms. The van der Waals surface area contributed by atoms with Crippen LogP contribution in [-0.2, 0) is 14.2 Å². The minimum absolute atomic E-state index is 0.0667. The molecule has 3 aliphatic heterocycles. The van der Waals surface area contributed by atoms with Gasteiger partial charge in [-0.15, -0.1) is 0 Å². The Morgan fingerprint density at radius 2 is 0.712 bits per heavy atom. The van der Waals surface area contributed by atoms with Gasteiger partial charge in [-0.3, -0.25) is 14.7 Å². The molecule has 3 saturated heterocycles. The molecule has 0 bridgehead atoms. The van der Waals surface area contributed by atoms with Crippen molar-refractivity contribution in [3.05, 3.63) is 0 Å². The van der Waals surface area contributed by atoms with Crippen LogP contribution in [0.15, 0.2) is 0 Å². The second-order valence-corrected chi connectivity index (χ2v) is 21.8. The van der Waals surface area contributed by atoms with Gasteiger partial charge in [0.2, 0.25) is 0 Å². The van der Waals surface area contributed by atoms with Crippen LogP contribution in [0, 0.1) is 0 Å². The van der Waals surface area contributed by atoms with Gasteiger partial charge in [0.15, 0.2) is 0 Å². The molecule has 1 aliphatic carbocycles. The maximum absolute atomic E-state index is 7.42. The SMILES string of the molecule is CCCCCN1C(C)(C)CC(OC2CC(OC3CC(C)(C)N(CCCC)C(C)(C)C3)CCC2OC2CC(C)(C)N(CCCC)C(C)(C)C2)CC1(C)C. The van der Waals surface area contributed by atoms with E-state index in [0.29, 0.717) is 0 Å². The molecule has 0 amide bonds. The highest BCUT2D eigenvalue weighted by Crippen LogP contribution is 2.45. The van der Waals surface area contributed by atoms with Gasteiger partial charge in [0.25, 0.3) is 0 Å². The molecule has 6 nitrogen and oxygen atoms in total. The zero-order valence-corrected chi connectivity index (χ0v) is 37.5. The normalized spacial score (nSPS) is 31.6. The minimum atomic E-state index is 0.0667. The van der Waals surface area contributed by atoms with Crippen molar-refractivity contribution in [2.24, 2.45) is 0 Å². The van der Waals surface area contributed by atoms with Gasteiger partial charge in [-0.25, -0.2) is 0 Å². The highest BCUT2D eigenvalue weighted by Gasteiger charge is 2.50. The molecule has 1 saturated carbocycles. The van der Waals surface area contributed by atoms with Crippen LogP contribution < -0.4 is 0 Å². The van der Waals surface area contributed by atoms with Crippen molar-refractivity contribution >= 4 is 0 Å². The van der Waals surface area contributed by atoms with Crippen LogP contribution in [0.5, 0.6) is 0 Å². The number of hydrogen-bond acceptors (Lipinski definition) is 6. The average Bonchev–Trinajstić information content (AvgIpc) is 2.97. The molecule has 4 rings (SSSR count). The van der Waals surface area contributed by atoms with Crippen molar-refractivity contribution in [3.63, 3.8) is 0 Å². The van der Waals surface area contributed by atoms with Gasteiger partial charge in [0.1, 0.15) is 0 Å². The molecule has 4 aliphatic rings. The monoisotopic (exact) mass is 732 g/mol. The number of hydrogen-bond donors (Lipinski definition) is 0. The highest BCUT2D eigenvalue weighted by molar-refractivity contribution is 5.04. The van der Waals surface area contributed by atoms with Crippen LogP contribution in [0.1, 0.15) is 207 Å². The third-order valence-corrected chi connectivity index (χ3v) is 14.0. The summed E-state index contributed by atoms with van der Waals surface area (Å²) in [4.78, 5) is 8.34. The van der Waals surface area contributed by atoms with E-state index < -0.39 is 0 Å². The third kappa shape index (κ3) is 11.0. The molecule has 52 heavy (non-hydrogen) atoms. The van der Waals surface area contributed by atoms with Crippen molar-refractivity contribution in [3.8, 4) is 0 Å². The number of piperidine rings is 3. The van der Waals surface area contributed by atoms with Gasteiger partial charge < -0.3 is 14.2 Å². The quantitative estimate of drug-likeness (QED) is 0.147. The zero-order valence-electron chi connectivity index (χ0n) is 37.5. The Hall–Kier alpha value is -0.240. The first-order valence-electron chi connectivity index (χ1n) is 22.4. The summed E-state index contributed by atoms with van der Waals surface area (Å²) < 4.78 is 22.0. The Morgan fingerprint density at radius 3 is 1.08 bits per heavy atom. The molecule has 4 fully saturated rings. The number of nitrogens with zero attached hydrogens (tertiary/aromatic N) is 3. The van der Waals surface area contributed by atoms with E-state index >= 15 is 0 Å². The summed E-state index contributed by atoms with van der Waals surface area (Å²) in [6.07, 6.45) is 19.6. The van der Waals surface area contributed by atoms with Crippen molar-refractivity contribution in [1.82, 2.24) is 14.7 Å². The summed E-state index contributed by atoms with van der Waals surface area (Å²) in [6.45, 7) is 39.9. The van der Waals surface area contributed by atoms with E-state index in [9.17, 15) is 0 Å². The minimum Gasteiger partial charge on any atom is -0.375 e. The summed E-state index contributed by atoms with van der Waals surface area (Å²) in [7, 11) is 0. The Bertz CT molecular complexity index is 1040. The first-order chi connectivity index (χ1) is 24.1. The standard InChI is InChI=1S/C46H89N3O3/c1-16-19-22-27-49-45(12,13)33-38(34-46(49,14)15)52-40-28-35(50-36-29-41(4,5)47(25-20-17-2)42(6,7)30-36)23-24-39(40)51-37-31-43(8,9)48(26-21-18-3)44(10,11)32-37/h35-40H,16-34H2,1-15H3. The van der Waals surface area contributed by atoms with Gasteiger partial charge in [0, 0.05) is 39.7 Å². The summed E-state index contributed by atoms with van der Waals surface area (Å²) in [6, 6.07) is 0. The van der Waals surface area contributed by atoms with Gasteiger partial charge in [-0.2, -0.15) is 0 Å². The highest BCUT2D eigenvalue weighted by atomic mass is 16.6. The molecule has 3 atom stereocenters. The number of rotatable bonds is 16. The maximum Gasteiger partial charge on any atom is 0.0865 e. The fourth-order valence-corrected chi connectivity index (χ4v) is 12.2. The van der Waals surface area contributed by atoms with E-state index in [2.05, 4.69) is 119 Å². The largest absolute Gasteiger partial charge is 0.375 e. The topological polar surface area (TPSA) is 37.4 Å². The van der Waals surface area contributed by atoms with Crippen molar-refractivity contribution in [1.29, 1.82) is 0 Å². The van der Waals surface area contributed by atoms with E-state index in [0.717, 1.165) is 57.8 Å². The Morgan fingerprint density at radius 1 is 0.385 bits per heavy atom. The number of unbranched alkanes of at least 4 members (excludes halogenated alkanes) is 4. The van der Waals surface area contributed by atoms with E-state index in [-0.39, 0.29) is 69.9 Å². The lowest BCUT2D eigenvalue weighted by Gasteiger charge is -2.57. The fourth-order valence-electron chi connectivity index (χ4n) is 12.2. The molecule has 3 unspecified atom stereocenters. The first kappa shape index (κ1) is 44.5. The van der Waals surface area contributed by atoms with Crippen molar-refractivity contribution in [2.45, 2.75) is 276 Å².